The summed E-state index contributed by atoms with van der Waals surface area (Å²) in [5.74, 6) is 1.05. The van der Waals surface area contributed by atoms with Gasteiger partial charge in [-0.3, -0.25) is 9.88 Å². The molecule has 0 spiro atoms. The minimum atomic E-state index is 0.0922. The molecule has 3 aromatic heterocycles. The van der Waals surface area contributed by atoms with Crippen LogP contribution in [0.1, 0.15) is 17.6 Å². The van der Waals surface area contributed by atoms with Gasteiger partial charge in [-0.1, -0.05) is 16.4 Å². The minimum Gasteiger partial charge on any atom is -0.332 e. The van der Waals surface area contributed by atoms with Crippen molar-refractivity contribution in [2.75, 3.05) is 26.7 Å². The first-order valence-electron chi connectivity index (χ1n) is 9.23. The molecule has 4 aromatic rings. The second kappa shape index (κ2) is 6.77. The summed E-state index contributed by atoms with van der Waals surface area (Å²) in [7, 11) is 2.07. The molecule has 0 saturated carbocycles. The zero-order valence-corrected chi connectivity index (χ0v) is 15.7. The number of likely N-dealkylation sites (N-methyl/N-ethyl adjacent to an activating group) is 1. The van der Waals surface area contributed by atoms with E-state index in [1.807, 2.05) is 37.3 Å². The number of piperazine rings is 1. The fraction of sp³-hybridized carbons (Fsp3) is 0.316. The second-order valence-corrected chi connectivity index (χ2v) is 6.97. The van der Waals surface area contributed by atoms with Gasteiger partial charge in [0.2, 0.25) is 0 Å². The Morgan fingerprint density at radius 1 is 1.25 bits per heavy atom. The van der Waals surface area contributed by atoms with E-state index in [9.17, 15) is 0 Å². The summed E-state index contributed by atoms with van der Waals surface area (Å²) in [5.41, 5.74) is 3.29. The van der Waals surface area contributed by atoms with Crippen molar-refractivity contribution in [1.29, 1.82) is 0 Å². The van der Waals surface area contributed by atoms with Gasteiger partial charge in [0.05, 0.1) is 22.9 Å². The van der Waals surface area contributed by atoms with Crippen molar-refractivity contribution in [2.24, 2.45) is 0 Å². The third kappa shape index (κ3) is 2.85. The van der Waals surface area contributed by atoms with Crippen LogP contribution in [-0.2, 0) is 0 Å². The molecule has 142 valence electrons. The average Bonchev–Trinajstić information content (AvgIpc) is 3.35. The Balaban J connectivity index is 1.48. The Hall–Kier alpha value is -3.17. The summed E-state index contributed by atoms with van der Waals surface area (Å²) in [6, 6.07) is 10.0. The molecule has 0 aliphatic carbocycles. The number of rotatable bonds is 3. The van der Waals surface area contributed by atoms with E-state index in [0.717, 1.165) is 41.9 Å². The summed E-state index contributed by atoms with van der Waals surface area (Å²) < 4.78 is 7.29. The molecule has 1 aliphatic heterocycles. The summed E-state index contributed by atoms with van der Waals surface area (Å²) in [6.45, 7) is 4.65. The number of fused-ring (bicyclic) bond motifs is 1. The molecule has 0 radical (unpaired) electrons. The number of pyridine rings is 1. The van der Waals surface area contributed by atoms with E-state index >= 15 is 0 Å². The van der Waals surface area contributed by atoms with E-state index in [1.54, 1.807) is 10.9 Å². The average molecular weight is 376 g/mol. The van der Waals surface area contributed by atoms with Crippen LogP contribution in [0.4, 0.5) is 0 Å². The van der Waals surface area contributed by atoms with Crippen molar-refractivity contribution in [3.05, 3.63) is 48.0 Å². The molecule has 1 atom stereocenters. The summed E-state index contributed by atoms with van der Waals surface area (Å²) in [5, 5.41) is 17.2. The molecule has 9 nitrogen and oxygen atoms in total. The predicted octanol–water partition coefficient (Wildman–Crippen LogP) is 1.75. The Kier molecular flexibility index (Phi) is 4.10. The minimum absolute atomic E-state index is 0.0922. The fourth-order valence-electron chi connectivity index (χ4n) is 3.53. The van der Waals surface area contributed by atoms with E-state index in [0.29, 0.717) is 17.4 Å². The highest BCUT2D eigenvalue weighted by Crippen LogP contribution is 2.25. The molecule has 0 bridgehead atoms. The van der Waals surface area contributed by atoms with Crippen LogP contribution in [0.3, 0.4) is 0 Å². The normalized spacial score (nSPS) is 18.0. The van der Waals surface area contributed by atoms with E-state index < -0.39 is 0 Å². The molecule has 1 aromatic carbocycles. The summed E-state index contributed by atoms with van der Waals surface area (Å²) in [4.78, 5) is 11.2. The fourth-order valence-corrected chi connectivity index (χ4v) is 3.53. The molecular formula is C19H20N8O. The number of hydrogen-bond acceptors (Lipinski definition) is 8. The van der Waals surface area contributed by atoms with Crippen LogP contribution in [0.15, 0.2) is 41.1 Å². The third-order valence-corrected chi connectivity index (χ3v) is 5.18. The molecule has 1 unspecified atom stereocenters. The van der Waals surface area contributed by atoms with Crippen molar-refractivity contribution >= 4 is 10.9 Å². The lowest BCUT2D eigenvalue weighted by Crippen LogP contribution is -2.44. The molecule has 0 amide bonds. The van der Waals surface area contributed by atoms with E-state index in [1.165, 1.54) is 0 Å². The van der Waals surface area contributed by atoms with Crippen molar-refractivity contribution in [2.45, 2.75) is 13.0 Å². The molecular weight excluding hydrogens is 356 g/mol. The van der Waals surface area contributed by atoms with Crippen molar-refractivity contribution in [3.63, 3.8) is 0 Å². The standard InChI is InChI=1S/C19H20N8O/c1-12-17(19-22-18(24-28-19)16-11-20-8-9-26(16)2)23-25-27(12)14-5-6-15-13(10-14)4-3-7-21-15/h3-7,10,16,20H,8-9,11H2,1-2H3. The van der Waals surface area contributed by atoms with E-state index in [2.05, 4.69) is 42.7 Å². The van der Waals surface area contributed by atoms with Gasteiger partial charge in [0.15, 0.2) is 11.5 Å². The van der Waals surface area contributed by atoms with Gasteiger partial charge in [0.1, 0.15) is 0 Å². The lowest BCUT2D eigenvalue weighted by molar-refractivity contribution is 0.190. The Labute approximate surface area is 161 Å². The van der Waals surface area contributed by atoms with Gasteiger partial charge in [0.25, 0.3) is 5.89 Å². The van der Waals surface area contributed by atoms with Gasteiger partial charge in [0, 0.05) is 31.2 Å². The lowest BCUT2D eigenvalue weighted by atomic mass is 10.2. The number of nitrogens with zero attached hydrogens (tertiary/aromatic N) is 7. The maximum Gasteiger partial charge on any atom is 0.280 e. The van der Waals surface area contributed by atoms with Crippen LogP contribution < -0.4 is 5.32 Å². The molecule has 1 N–H and O–H groups in total. The van der Waals surface area contributed by atoms with Crippen LogP contribution in [0.5, 0.6) is 0 Å². The van der Waals surface area contributed by atoms with Crippen molar-refractivity contribution in [1.82, 2.24) is 40.3 Å². The zero-order chi connectivity index (χ0) is 19.1. The van der Waals surface area contributed by atoms with Gasteiger partial charge in [-0.05, 0) is 38.2 Å². The van der Waals surface area contributed by atoms with Gasteiger partial charge < -0.3 is 9.84 Å². The molecule has 1 saturated heterocycles. The van der Waals surface area contributed by atoms with E-state index in [4.69, 9.17) is 4.52 Å². The molecule has 4 heterocycles. The zero-order valence-electron chi connectivity index (χ0n) is 15.7. The predicted molar refractivity (Wildman–Crippen MR) is 103 cm³/mol. The van der Waals surface area contributed by atoms with Crippen molar-refractivity contribution < 1.29 is 4.52 Å². The molecule has 1 aliphatic rings. The SMILES string of the molecule is Cc1c(-c2nc(C3CNCCN3C)no2)nnn1-c1ccc2ncccc2c1. The Morgan fingerprint density at radius 3 is 3.07 bits per heavy atom. The van der Waals surface area contributed by atoms with Crippen LogP contribution in [-0.4, -0.2) is 61.7 Å². The highest BCUT2D eigenvalue weighted by molar-refractivity contribution is 5.80. The topological polar surface area (TPSA) is 97.8 Å². The first-order chi connectivity index (χ1) is 13.7. The first-order valence-corrected chi connectivity index (χ1v) is 9.23. The van der Waals surface area contributed by atoms with Crippen LogP contribution in [0, 0.1) is 6.92 Å². The van der Waals surface area contributed by atoms with E-state index in [-0.39, 0.29) is 6.04 Å². The highest BCUT2D eigenvalue weighted by Gasteiger charge is 2.27. The highest BCUT2D eigenvalue weighted by atomic mass is 16.5. The molecule has 9 heteroatoms. The van der Waals surface area contributed by atoms with Crippen LogP contribution in [0.2, 0.25) is 0 Å². The lowest BCUT2D eigenvalue weighted by Gasteiger charge is -2.30. The monoisotopic (exact) mass is 376 g/mol. The third-order valence-electron chi connectivity index (χ3n) is 5.18. The first kappa shape index (κ1) is 17.0. The molecule has 5 rings (SSSR count). The van der Waals surface area contributed by atoms with Crippen molar-refractivity contribution in [3.8, 4) is 17.3 Å². The Morgan fingerprint density at radius 2 is 2.18 bits per heavy atom. The maximum atomic E-state index is 5.51. The largest absolute Gasteiger partial charge is 0.332 e. The van der Waals surface area contributed by atoms with Crippen LogP contribution >= 0.6 is 0 Å². The van der Waals surface area contributed by atoms with Gasteiger partial charge in [-0.25, -0.2) is 4.68 Å². The molecule has 28 heavy (non-hydrogen) atoms. The molecule has 1 fully saturated rings. The van der Waals surface area contributed by atoms with Gasteiger partial charge >= 0.3 is 0 Å². The Bertz CT molecular complexity index is 1130. The summed E-state index contributed by atoms with van der Waals surface area (Å²) >= 11 is 0. The maximum absolute atomic E-state index is 5.51. The number of benzene rings is 1. The number of hydrogen-bond donors (Lipinski definition) is 1. The van der Waals surface area contributed by atoms with Crippen LogP contribution in [0.25, 0.3) is 28.2 Å². The smallest absolute Gasteiger partial charge is 0.280 e. The second-order valence-electron chi connectivity index (χ2n) is 6.97. The number of aromatic nitrogens is 6. The summed E-state index contributed by atoms with van der Waals surface area (Å²) in [6.07, 6.45) is 1.78. The number of nitrogens with one attached hydrogen (secondary N) is 1. The van der Waals surface area contributed by atoms with Gasteiger partial charge in [-0.15, -0.1) is 5.10 Å². The van der Waals surface area contributed by atoms with Gasteiger partial charge in [-0.2, -0.15) is 4.98 Å². The quantitative estimate of drug-likeness (QED) is 0.577.